The Labute approximate surface area is 173 Å². The van der Waals surface area contributed by atoms with Crippen molar-refractivity contribution in [1.82, 2.24) is 0 Å². The summed E-state index contributed by atoms with van der Waals surface area (Å²) in [4.78, 5) is 12.3. The van der Waals surface area contributed by atoms with E-state index >= 15 is 0 Å². The maximum atomic E-state index is 12.3. The van der Waals surface area contributed by atoms with E-state index in [1.54, 1.807) is 7.11 Å². The number of anilines is 1. The smallest absolute Gasteiger partial charge is 0.160 e. The number of nitrogens with one attached hydrogen (secondary N) is 1. The van der Waals surface area contributed by atoms with E-state index in [-0.39, 0.29) is 11.2 Å². The van der Waals surface area contributed by atoms with Gasteiger partial charge in [-0.1, -0.05) is 27.2 Å². The van der Waals surface area contributed by atoms with E-state index in [0.29, 0.717) is 12.3 Å². The van der Waals surface area contributed by atoms with Crippen molar-refractivity contribution in [2.75, 3.05) is 12.4 Å². The summed E-state index contributed by atoms with van der Waals surface area (Å²) in [7, 11) is 1.64. The molecule has 154 valence electrons. The van der Waals surface area contributed by atoms with Gasteiger partial charge in [0.15, 0.2) is 5.78 Å². The lowest BCUT2D eigenvalue weighted by molar-refractivity contribution is -0.117. The Balaban J connectivity index is 1.61. The molecule has 0 bridgehead atoms. The lowest BCUT2D eigenvalue weighted by Gasteiger charge is -2.36. The minimum atomic E-state index is 0.264. The van der Waals surface area contributed by atoms with Gasteiger partial charge in [0, 0.05) is 23.9 Å². The Bertz CT molecular complexity index is 851. The molecule has 1 N–H and O–H groups in total. The van der Waals surface area contributed by atoms with Gasteiger partial charge in [0.05, 0.1) is 7.11 Å². The summed E-state index contributed by atoms with van der Waals surface area (Å²) in [6.07, 6.45) is 5.51. The molecule has 1 aliphatic rings. The van der Waals surface area contributed by atoms with Crippen molar-refractivity contribution in [2.45, 2.75) is 46.5 Å². The van der Waals surface area contributed by atoms with Gasteiger partial charge in [-0.15, -0.1) is 0 Å². The van der Waals surface area contributed by atoms with Gasteiger partial charge in [-0.25, -0.2) is 0 Å². The second-order valence-corrected chi connectivity index (χ2v) is 8.32. The Kier molecular flexibility index (Phi) is 6.63. The molecular weight excluding hydrogens is 362 g/mol. The zero-order valence-electron chi connectivity index (χ0n) is 17.8. The normalized spacial score (nSPS) is 18.6. The van der Waals surface area contributed by atoms with Crippen LogP contribution in [0.5, 0.6) is 17.2 Å². The highest BCUT2D eigenvalue weighted by molar-refractivity contribution is 5.96. The Morgan fingerprint density at radius 1 is 1.03 bits per heavy atom. The first-order valence-electron chi connectivity index (χ1n) is 10.3. The van der Waals surface area contributed by atoms with Crippen molar-refractivity contribution < 1.29 is 14.3 Å². The number of rotatable bonds is 7. The first-order chi connectivity index (χ1) is 13.9. The summed E-state index contributed by atoms with van der Waals surface area (Å²) >= 11 is 0. The van der Waals surface area contributed by atoms with Crippen molar-refractivity contribution in [3.8, 4) is 17.2 Å². The second-order valence-electron chi connectivity index (χ2n) is 8.32. The highest BCUT2D eigenvalue weighted by atomic mass is 16.5. The van der Waals surface area contributed by atoms with Gasteiger partial charge in [-0.05, 0) is 72.7 Å². The van der Waals surface area contributed by atoms with E-state index in [4.69, 9.17) is 9.47 Å². The first-order valence-corrected chi connectivity index (χ1v) is 10.3. The summed E-state index contributed by atoms with van der Waals surface area (Å²) in [5.41, 5.74) is 2.10. The molecule has 29 heavy (non-hydrogen) atoms. The molecule has 1 saturated carbocycles. The predicted molar refractivity (Wildman–Crippen MR) is 118 cm³/mol. The predicted octanol–water partition coefficient (Wildman–Crippen LogP) is 6.59. The van der Waals surface area contributed by atoms with Crippen LogP contribution in [0.25, 0.3) is 0 Å². The number of Topliss-reactive ketones (excluding diaryl/α,β-unsaturated/α-hetero) is 1. The van der Waals surface area contributed by atoms with Crippen LogP contribution in [-0.2, 0) is 4.79 Å². The molecule has 4 heteroatoms. The highest BCUT2D eigenvalue weighted by Crippen LogP contribution is 2.41. The third-order valence-electron chi connectivity index (χ3n) is 6.12. The van der Waals surface area contributed by atoms with E-state index in [2.05, 4.69) is 26.1 Å². The largest absolute Gasteiger partial charge is 0.497 e. The molecule has 0 saturated heterocycles. The monoisotopic (exact) mass is 393 g/mol. The van der Waals surface area contributed by atoms with Crippen LogP contribution in [-0.4, -0.2) is 12.9 Å². The third kappa shape index (κ3) is 5.41. The zero-order valence-corrected chi connectivity index (χ0v) is 17.8. The molecule has 0 amide bonds. The molecule has 1 fully saturated rings. The minimum absolute atomic E-state index is 0.264. The van der Waals surface area contributed by atoms with Crippen LogP contribution >= 0.6 is 0 Å². The maximum absolute atomic E-state index is 12.3. The second kappa shape index (κ2) is 9.17. The topological polar surface area (TPSA) is 47.6 Å². The fourth-order valence-electron chi connectivity index (χ4n) is 3.61. The lowest BCUT2D eigenvalue weighted by Crippen LogP contribution is -2.29. The first kappa shape index (κ1) is 21.0. The van der Waals surface area contributed by atoms with Crippen LogP contribution in [0.4, 0.5) is 5.69 Å². The summed E-state index contributed by atoms with van der Waals surface area (Å²) in [6.45, 7) is 6.84. The van der Waals surface area contributed by atoms with Gasteiger partial charge >= 0.3 is 0 Å². The van der Waals surface area contributed by atoms with Crippen molar-refractivity contribution >= 4 is 11.5 Å². The number of allylic oxidation sites excluding steroid dienone is 1. The number of ether oxygens (including phenoxy) is 2. The van der Waals surface area contributed by atoms with E-state index in [1.807, 2.05) is 54.7 Å². The fraction of sp³-hybridized carbons (Fsp3) is 0.400. The molecule has 0 radical (unpaired) electrons. The molecule has 2 aromatic rings. The number of hydrogen-bond donors (Lipinski definition) is 1. The number of carbonyl (C=O) groups excluding carboxylic acids is 1. The van der Waals surface area contributed by atoms with Crippen LogP contribution in [0.3, 0.4) is 0 Å². The number of carbonyl (C=O) groups is 1. The zero-order chi connectivity index (χ0) is 20.9. The average Bonchev–Trinajstić information content (AvgIpc) is 2.74. The molecule has 1 atom stereocenters. The van der Waals surface area contributed by atoms with Crippen molar-refractivity contribution in [1.29, 1.82) is 0 Å². The standard InChI is InChI=1S/C25H31NO3/c1-5-25(2,3)19-6-15-24(27)18(16-19)17-26-20-7-9-22(10-8-20)29-23-13-11-21(28-4)12-14-23/h7-14,17,19,26H,5-6,15-16H2,1-4H3/b18-17+/t19-/m0/s1. The average molecular weight is 394 g/mol. The summed E-state index contributed by atoms with van der Waals surface area (Å²) < 4.78 is 11.0. The lowest BCUT2D eigenvalue weighted by atomic mass is 9.68. The number of ketones is 1. The molecule has 0 spiro atoms. The SMILES string of the molecule is CCC(C)(C)[C@H]1CCC(=O)/C(=C/Nc2ccc(Oc3ccc(OC)cc3)cc2)C1. The van der Waals surface area contributed by atoms with Crippen LogP contribution in [0.1, 0.15) is 46.5 Å². The van der Waals surface area contributed by atoms with Gasteiger partial charge in [-0.2, -0.15) is 0 Å². The van der Waals surface area contributed by atoms with E-state index in [1.165, 1.54) is 0 Å². The van der Waals surface area contributed by atoms with Crippen molar-refractivity contribution in [3.63, 3.8) is 0 Å². The van der Waals surface area contributed by atoms with Gasteiger partial charge in [0.1, 0.15) is 17.2 Å². The molecule has 0 aromatic heterocycles. The van der Waals surface area contributed by atoms with E-state index in [9.17, 15) is 4.79 Å². The molecule has 0 unspecified atom stereocenters. The van der Waals surface area contributed by atoms with Crippen LogP contribution in [0.15, 0.2) is 60.3 Å². The van der Waals surface area contributed by atoms with E-state index < -0.39 is 0 Å². The molecular formula is C25H31NO3. The summed E-state index contributed by atoms with van der Waals surface area (Å²) in [5.74, 6) is 3.13. The maximum Gasteiger partial charge on any atom is 0.160 e. The highest BCUT2D eigenvalue weighted by Gasteiger charge is 2.33. The summed E-state index contributed by atoms with van der Waals surface area (Å²) in [6, 6.07) is 15.2. The third-order valence-corrected chi connectivity index (χ3v) is 6.12. The fourth-order valence-corrected chi connectivity index (χ4v) is 3.61. The van der Waals surface area contributed by atoms with Crippen LogP contribution in [0.2, 0.25) is 0 Å². The molecule has 3 rings (SSSR count). The van der Waals surface area contributed by atoms with Gasteiger partial charge < -0.3 is 14.8 Å². The molecule has 2 aromatic carbocycles. The minimum Gasteiger partial charge on any atom is -0.497 e. The summed E-state index contributed by atoms with van der Waals surface area (Å²) in [5, 5.41) is 3.29. The quantitative estimate of drug-likeness (QED) is 0.539. The van der Waals surface area contributed by atoms with Crippen LogP contribution in [0, 0.1) is 11.3 Å². The van der Waals surface area contributed by atoms with Gasteiger partial charge in [0.25, 0.3) is 0 Å². The van der Waals surface area contributed by atoms with Crippen LogP contribution < -0.4 is 14.8 Å². The van der Waals surface area contributed by atoms with Crippen molar-refractivity contribution in [2.24, 2.45) is 11.3 Å². The number of methoxy groups -OCH3 is 1. The molecule has 0 heterocycles. The molecule has 4 nitrogen and oxygen atoms in total. The molecule has 1 aliphatic carbocycles. The Morgan fingerprint density at radius 3 is 2.21 bits per heavy atom. The van der Waals surface area contributed by atoms with Gasteiger partial charge in [-0.3, -0.25) is 4.79 Å². The van der Waals surface area contributed by atoms with E-state index in [0.717, 1.165) is 47.8 Å². The Hall–Kier alpha value is -2.75. The molecule has 0 aliphatic heterocycles. The Morgan fingerprint density at radius 2 is 1.62 bits per heavy atom. The van der Waals surface area contributed by atoms with Gasteiger partial charge in [0.2, 0.25) is 0 Å². The number of benzene rings is 2. The van der Waals surface area contributed by atoms with Crippen molar-refractivity contribution in [3.05, 3.63) is 60.3 Å². The number of hydrogen-bond acceptors (Lipinski definition) is 4.